The van der Waals surface area contributed by atoms with Crippen LogP contribution in [0.4, 0.5) is 0 Å². The SMILES string of the molecule is COc1ccc(C(OC[C@]2(CO[Si](C(C)C)(C(C)C)C(C)C)CN(C(=O)CCCC(=O)N3C[C@H](CC(=O)O)[C@@H](OC(C)=O)[C@@H](NC(C)=O)C3)C[C@H](n3cc(C)c(=O)[nH]c3=O)O2)(c2ccccc2)c2ccc(OC)cc2)cc1.[SiH3]O[SiH3]. The van der Waals surface area contributed by atoms with Crippen LogP contribution in [0.3, 0.4) is 0 Å². The number of piperidine rings is 1. The summed E-state index contributed by atoms with van der Waals surface area (Å²) in [5.74, 6) is -2.59. The summed E-state index contributed by atoms with van der Waals surface area (Å²) in [5.41, 5.74) is -1.25. The van der Waals surface area contributed by atoms with E-state index in [2.05, 4.69) is 56.0 Å². The van der Waals surface area contributed by atoms with Crippen molar-refractivity contribution < 1.29 is 61.3 Å². The van der Waals surface area contributed by atoms with E-state index < -0.39 is 79.3 Å². The van der Waals surface area contributed by atoms with Gasteiger partial charge in [-0.1, -0.05) is 96.1 Å². The molecule has 20 nitrogen and oxygen atoms in total. The lowest BCUT2D eigenvalue weighted by atomic mass is 9.79. The maximum absolute atomic E-state index is 15.0. The lowest BCUT2D eigenvalue weighted by Gasteiger charge is -2.50. The number of H-pyrrole nitrogens is 1. The first-order valence-corrected chi connectivity index (χ1v) is 30.9. The molecule has 0 unspecified atom stereocenters. The van der Waals surface area contributed by atoms with Gasteiger partial charge in [-0.2, -0.15) is 0 Å². The van der Waals surface area contributed by atoms with Crippen LogP contribution in [0, 0.1) is 12.8 Å². The second-order valence-electron chi connectivity index (χ2n) is 21.7. The predicted molar refractivity (Wildman–Crippen MR) is 311 cm³/mol. The number of likely N-dealkylation sites (tertiary alicyclic amines) is 1. The van der Waals surface area contributed by atoms with Gasteiger partial charge in [0.05, 0.1) is 53.0 Å². The van der Waals surface area contributed by atoms with Crippen LogP contribution in [-0.4, -0.2) is 155 Å². The highest BCUT2D eigenvalue weighted by atomic mass is 28.4. The number of esters is 1. The third kappa shape index (κ3) is 15.6. The summed E-state index contributed by atoms with van der Waals surface area (Å²) in [5, 5.41) is 12.5. The van der Waals surface area contributed by atoms with Crippen molar-refractivity contribution in [3.8, 4) is 11.5 Å². The number of rotatable bonds is 23. The van der Waals surface area contributed by atoms with Crippen LogP contribution in [0.25, 0.3) is 0 Å². The number of carbonyl (C=O) groups excluding carboxylic acids is 4. The number of aromatic nitrogens is 2. The fraction of sp³-hybridized carbons (Fsp3) is 0.526. The number of methoxy groups -OCH3 is 2. The molecular formula is C57H83N5O15Si3. The molecule has 2 aliphatic heterocycles. The third-order valence-corrected chi connectivity index (χ3v) is 21.1. The quantitative estimate of drug-likeness (QED) is 0.0534. The van der Waals surface area contributed by atoms with Crippen LogP contribution >= 0.6 is 0 Å². The van der Waals surface area contributed by atoms with Crippen molar-refractivity contribution in [1.82, 2.24) is 24.7 Å². The fourth-order valence-corrected chi connectivity index (χ4v) is 17.1. The minimum absolute atomic E-state index is 0.0487. The molecule has 3 N–H and O–H groups in total. The summed E-state index contributed by atoms with van der Waals surface area (Å²) < 4.78 is 44.8. The molecule has 3 heterocycles. The molecule has 2 fully saturated rings. The van der Waals surface area contributed by atoms with E-state index in [1.165, 1.54) is 29.5 Å². The van der Waals surface area contributed by atoms with Gasteiger partial charge in [-0.25, -0.2) is 4.79 Å². The molecule has 1 aromatic heterocycles. The smallest absolute Gasteiger partial charge is 0.330 e. The number of amides is 3. The van der Waals surface area contributed by atoms with Gasteiger partial charge in [-0.15, -0.1) is 0 Å². The predicted octanol–water partition coefficient (Wildman–Crippen LogP) is 4.26. The van der Waals surface area contributed by atoms with Gasteiger partial charge < -0.3 is 52.4 Å². The number of benzene rings is 3. The third-order valence-electron chi connectivity index (χ3n) is 15.1. The number of nitrogens with one attached hydrogen (secondary N) is 2. The van der Waals surface area contributed by atoms with E-state index in [0.717, 1.165) is 37.7 Å². The standard InChI is InChI=1S/C57H77N5O14Si.H6OSi2/c1-36(2)77(37(3)4,38(5)6)74-35-56(34-73-57(43-16-13-12-14-17-43,44-20-24-46(71-10)25-21-44)45-22-26-47(72-11)27-23-45)33-61(32-51(76-56)62-29-39(7)54(69)59-55(62)70)50(66)19-15-18-49(65)60-30-42(28-52(67)68)53(75-41(9)64)48(31-60)58-40(8)63;2-1-3/h12-14,16-17,20-27,29,36-38,42,48,51,53H,15,18-19,28,30-35H2,1-11H3,(H,58,63)(H,67,68)(H,59,69,70);2-3H3/t42-,48-,51+,53+,56-;/m0./s1. The Kier molecular flexibility index (Phi) is 23.4. The number of carboxylic acid groups (broad SMARTS) is 1. The average molecular weight is 1160 g/mol. The zero-order chi connectivity index (χ0) is 59.1. The number of carbonyl (C=O) groups is 5. The summed E-state index contributed by atoms with van der Waals surface area (Å²) >= 11 is 0. The van der Waals surface area contributed by atoms with Gasteiger partial charge in [0.2, 0.25) is 17.7 Å². The highest BCUT2D eigenvalue weighted by Gasteiger charge is 2.52. The van der Waals surface area contributed by atoms with E-state index in [1.54, 1.807) is 26.0 Å². The normalized spacial score (nSPS) is 19.6. The number of hydrogen-bond donors (Lipinski definition) is 3. The Labute approximate surface area is 476 Å². The van der Waals surface area contributed by atoms with Gasteiger partial charge in [-0.3, -0.25) is 38.3 Å². The second-order valence-corrected chi connectivity index (χ2v) is 30.4. The Bertz CT molecular complexity index is 2740. The van der Waals surface area contributed by atoms with Crippen molar-refractivity contribution in [2.75, 3.05) is 53.6 Å². The van der Waals surface area contributed by atoms with Gasteiger partial charge in [0, 0.05) is 57.5 Å². The molecule has 6 rings (SSSR count). The lowest BCUT2D eigenvalue weighted by Crippen LogP contribution is -2.63. The molecule has 2 saturated heterocycles. The fourth-order valence-electron chi connectivity index (χ4n) is 11.6. The Morgan fingerprint density at radius 2 is 1.31 bits per heavy atom. The van der Waals surface area contributed by atoms with Crippen molar-refractivity contribution >= 4 is 58.9 Å². The molecule has 438 valence electrons. The lowest BCUT2D eigenvalue weighted by molar-refractivity contribution is -0.228. The summed E-state index contributed by atoms with van der Waals surface area (Å²) in [6.45, 7) is 16.5. The van der Waals surface area contributed by atoms with Crippen molar-refractivity contribution in [1.29, 1.82) is 0 Å². The molecule has 5 atom stereocenters. The van der Waals surface area contributed by atoms with Gasteiger partial charge in [0.1, 0.15) is 49.8 Å². The summed E-state index contributed by atoms with van der Waals surface area (Å²) in [6.07, 6.45) is -1.33. The molecule has 0 saturated carbocycles. The number of nitrogens with zero attached hydrogens (tertiary/aromatic N) is 3. The number of carboxylic acids is 1. The van der Waals surface area contributed by atoms with Crippen LogP contribution in [-0.2, 0) is 52.3 Å². The molecule has 0 aliphatic carbocycles. The molecule has 0 bridgehead atoms. The number of aryl methyl sites for hydroxylation is 1. The maximum Gasteiger partial charge on any atom is 0.330 e. The summed E-state index contributed by atoms with van der Waals surface area (Å²) in [4.78, 5) is 97.6. The van der Waals surface area contributed by atoms with Crippen molar-refractivity contribution in [3.63, 3.8) is 0 Å². The van der Waals surface area contributed by atoms with Gasteiger partial charge in [0.25, 0.3) is 5.56 Å². The molecule has 0 radical (unpaired) electrons. The Balaban J connectivity index is 0.00000383. The number of aliphatic carboxylic acids is 1. The van der Waals surface area contributed by atoms with Gasteiger partial charge >= 0.3 is 17.6 Å². The Morgan fingerprint density at radius 3 is 1.80 bits per heavy atom. The van der Waals surface area contributed by atoms with E-state index in [4.69, 9.17) is 28.1 Å². The Hall–Kier alpha value is -6.22. The van der Waals surface area contributed by atoms with Gasteiger partial charge in [-0.05, 0) is 70.9 Å². The molecule has 2 aliphatic rings. The topological polar surface area (TPSA) is 244 Å². The van der Waals surface area contributed by atoms with E-state index in [1.807, 2.05) is 78.9 Å². The molecule has 3 aromatic carbocycles. The van der Waals surface area contributed by atoms with E-state index in [-0.39, 0.29) is 92.7 Å². The molecule has 0 spiro atoms. The first-order chi connectivity index (χ1) is 37.9. The van der Waals surface area contributed by atoms with Crippen LogP contribution in [0.15, 0.2) is 94.6 Å². The van der Waals surface area contributed by atoms with Gasteiger partial charge in [0.15, 0.2) is 14.5 Å². The summed E-state index contributed by atoms with van der Waals surface area (Å²) in [7, 11) is 2.33. The van der Waals surface area contributed by atoms with Crippen LogP contribution in [0.1, 0.15) is 110 Å². The second kappa shape index (κ2) is 29.0. The number of morpholine rings is 1. The highest BCUT2D eigenvalue weighted by Crippen LogP contribution is 2.46. The zero-order valence-electron chi connectivity index (χ0n) is 48.7. The first-order valence-electron chi connectivity index (χ1n) is 27.1. The minimum atomic E-state index is -2.72. The minimum Gasteiger partial charge on any atom is -0.497 e. The van der Waals surface area contributed by atoms with Crippen molar-refractivity contribution in [2.24, 2.45) is 5.92 Å². The van der Waals surface area contributed by atoms with E-state index in [0.29, 0.717) is 11.5 Å². The summed E-state index contributed by atoms with van der Waals surface area (Å²) in [6, 6.07) is 24.0. The highest BCUT2D eigenvalue weighted by molar-refractivity contribution is 6.77. The number of aromatic amines is 1. The first kappa shape index (κ1) is 64.6. The maximum atomic E-state index is 15.0. The van der Waals surface area contributed by atoms with Crippen LogP contribution in [0.2, 0.25) is 16.6 Å². The van der Waals surface area contributed by atoms with E-state index >= 15 is 0 Å². The zero-order valence-corrected chi connectivity index (χ0v) is 53.7. The largest absolute Gasteiger partial charge is 0.497 e. The van der Waals surface area contributed by atoms with Crippen LogP contribution < -0.4 is 26.0 Å². The molecule has 3 amide bonds. The molecular weight excluding hydrogens is 1080 g/mol. The van der Waals surface area contributed by atoms with Crippen molar-refractivity contribution in [3.05, 3.63) is 128 Å². The number of ether oxygens (including phenoxy) is 5. The monoisotopic (exact) mass is 1160 g/mol. The van der Waals surface area contributed by atoms with E-state index in [9.17, 15) is 38.7 Å². The van der Waals surface area contributed by atoms with Crippen molar-refractivity contribution in [2.45, 2.75) is 134 Å². The Morgan fingerprint density at radius 1 is 0.787 bits per heavy atom. The number of hydrogen-bond acceptors (Lipinski definition) is 14. The molecule has 23 heteroatoms. The average Bonchev–Trinajstić information content (AvgIpc) is 3.42. The molecule has 4 aromatic rings. The molecule has 80 heavy (non-hydrogen) atoms. The van der Waals surface area contributed by atoms with Crippen LogP contribution in [0.5, 0.6) is 11.5 Å².